The van der Waals surface area contributed by atoms with Crippen molar-refractivity contribution >= 4 is 0 Å². The summed E-state index contributed by atoms with van der Waals surface area (Å²) in [6.07, 6.45) is 3.44. The van der Waals surface area contributed by atoms with E-state index in [1.54, 1.807) is 0 Å². The van der Waals surface area contributed by atoms with E-state index in [0.717, 1.165) is 25.8 Å². The number of nitrogens with one attached hydrogen (secondary N) is 1. The van der Waals surface area contributed by atoms with E-state index in [-0.39, 0.29) is 6.10 Å². The molecule has 0 bridgehead atoms. The Morgan fingerprint density at radius 2 is 2.07 bits per heavy atom. The molecule has 2 unspecified atom stereocenters. The topological polar surface area (TPSA) is 45.0 Å². The lowest BCUT2D eigenvalue weighted by Gasteiger charge is -2.25. The molecule has 0 aromatic rings. The molecule has 0 heterocycles. The molecule has 0 aliphatic rings. The zero-order valence-corrected chi connectivity index (χ0v) is 10.5. The van der Waals surface area contributed by atoms with Crippen LogP contribution >= 0.6 is 0 Å². The molecule has 0 spiro atoms. The van der Waals surface area contributed by atoms with Crippen molar-refractivity contribution in [3.05, 3.63) is 0 Å². The van der Waals surface area contributed by atoms with Crippen LogP contribution < -0.4 is 5.32 Å². The Morgan fingerprint density at radius 3 is 2.53 bits per heavy atom. The monoisotopic (exact) mass is 212 g/mol. The maximum Gasteiger partial charge on any atom is 0.127 e. The summed E-state index contributed by atoms with van der Waals surface area (Å²) in [7, 11) is 0. The highest BCUT2D eigenvalue weighted by Gasteiger charge is 2.23. The molecular weight excluding hydrogens is 188 g/mol. The van der Waals surface area contributed by atoms with Gasteiger partial charge in [-0.3, -0.25) is 5.32 Å². The van der Waals surface area contributed by atoms with Gasteiger partial charge in [-0.05, 0) is 33.2 Å². The predicted octanol–water partition coefficient (Wildman–Crippen LogP) is 2.47. The van der Waals surface area contributed by atoms with Crippen molar-refractivity contribution in [2.75, 3.05) is 13.2 Å². The number of hydrogen-bond donors (Lipinski definition) is 1. The molecule has 0 amide bonds. The second kappa shape index (κ2) is 7.67. The van der Waals surface area contributed by atoms with Crippen molar-refractivity contribution in [3.8, 4) is 6.07 Å². The molecule has 0 aliphatic heterocycles. The van der Waals surface area contributed by atoms with Crippen LogP contribution in [0.1, 0.15) is 47.0 Å². The standard InChI is InChI=1S/C12H24N2O/c1-5-7-11(3)15-10-12(4,9-13)14-8-6-2/h11,14H,5-8,10H2,1-4H3. The summed E-state index contributed by atoms with van der Waals surface area (Å²) in [5, 5.41) is 12.3. The van der Waals surface area contributed by atoms with Crippen molar-refractivity contribution in [2.24, 2.45) is 0 Å². The van der Waals surface area contributed by atoms with Crippen LogP contribution in [-0.2, 0) is 4.74 Å². The predicted molar refractivity (Wildman–Crippen MR) is 62.6 cm³/mol. The van der Waals surface area contributed by atoms with E-state index in [0.29, 0.717) is 6.61 Å². The van der Waals surface area contributed by atoms with Crippen LogP contribution in [0.5, 0.6) is 0 Å². The summed E-state index contributed by atoms with van der Waals surface area (Å²) >= 11 is 0. The molecule has 1 N–H and O–H groups in total. The van der Waals surface area contributed by atoms with Gasteiger partial charge in [-0.2, -0.15) is 5.26 Å². The molecule has 0 aliphatic carbocycles. The maximum atomic E-state index is 9.06. The summed E-state index contributed by atoms with van der Waals surface area (Å²) in [5.41, 5.74) is -0.544. The number of hydrogen-bond acceptors (Lipinski definition) is 3. The van der Waals surface area contributed by atoms with Crippen molar-refractivity contribution < 1.29 is 4.74 Å². The molecule has 88 valence electrons. The SMILES string of the molecule is CCCNC(C)(C#N)COC(C)CCC. The highest BCUT2D eigenvalue weighted by molar-refractivity contribution is 5.03. The molecule has 0 fully saturated rings. The fourth-order valence-electron chi connectivity index (χ4n) is 1.32. The Labute approximate surface area is 93.8 Å². The van der Waals surface area contributed by atoms with Gasteiger partial charge in [0, 0.05) is 0 Å². The third-order valence-corrected chi connectivity index (χ3v) is 2.36. The van der Waals surface area contributed by atoms with Crippen molar-refractivity contribution in [1.82, 2.24) is 5.32 Å². The molecule has 0 aromatic heterocycles. The van der Waals surface area contributed by atoms with Gasteiger partial charge < -0.3 is 4.74 Å². The number of nitriles is 1. The number of ether oxygens (including phenoxy) is 1. The van der Waals surface area contributed by atoms with Gasteiger partial charge in [-0.15, -0.1) is 0 Å². The van der Waals surface area contributed by atoms with Gasteiger partial charge in [0.05, 0.1) is 18.8 Å². The third kappa shape index (κ3) is 6.48. The normalized spacial score (nSPS) is 16.7. The molecule has 15 heavy (non-hydrogen) atoms. The Balaban J connectivity index is 3.93. The summed E-state index contributed by atoms with van der Waals surface area (Å²) in [6.45, 7) is 9.49. The largest absolute Gasteiger partial charge is 0.375 e. The molecule has 2 atom stereocenters. The van der Waals surface area contributed by atoms with Crippen LogP contribution in [0.25, 0.3) is 0 Å². The van der Waals surface area contributed by atoms with Crippen molar-refractivity contribution in [1.29, 1.82) is 5.26 Å². The van der Waals surface area contributed by atoms with E-state index in [1.807, 2.05) is 6.92 Å². The van der Waals surface area contributed by atoms with Crippen LogP contribution in [0.15, 0.2) is 0 Å². The lowest BCUT2D eigenvalue weighted by molar-refractivity contribution is 0.0329. The van der Waals surface area contributed by atoms with E-state index < -0.39 is 5.54 Å². The number of rotatable bonds is 8. The Kier molecular flexibility index (Phi) is 7.37. The van der Waals surface area contributed by atoms with Gasteiger partial charge in [0.2, 0.25) is 0 Å². The summed E-state index contributed by atoms with van der Waals surface area (Å²) in [4.78, 5) is 0. The quantitative estimate of drug-likeness (QED) is 0.672. The van der Waals surface area contributed by atoms with E-state index >= 15 is 0 Å². The zero-order chi connectivity index (χ0) is 11.7. The van der Waals surface area contributed by atoms with E-state index in [2.05, 4.69) is 32.2 Å². The number of nitrogens with zero attached hydrogens (tertiary/aromatic N) is 1. The van der Waals surface area contributed by atoms with E-state index in [9.17, 15) is 0 Å². The second-order valence-corrected chi connectivity index (χ2v) is 4.28. The minimum Gasteiger partial charge on any atom is -0.375 e. The minimum atomic E-state index is -0.544. The molecule has 0 saturated heterocycles. The zero-order valence-electron chi connectivity index (χ0n) is 10.5. The van der Waals surface area contributed by atoms with Gasteiger partial charge in [0.15, 0.2) is 0 Å². The maximum absolute atomic E-state index is 9.06. The fourth-order valence-corrected chi connectivity index (χ4v) is 1.32. The van der Waals surface area contributed by atoms with Gasteiger partial charge in [-0.25, -0.2) is 0 Å². The fraction of sp³-hybridized carbons (Fsp3) is 0.917. The van der Waals surface area contributed by atoms with E-state index in [4.69, 9.17) is 10.00 Å². The molecule has 0 saturated carbocycles. The average molecular weight is 212 g/mol. The first-order valence-electron chi connectivity index (χ1n) is 5.85. The molecular formula is C12H24N2O. The molecule has 3 nitrogen and oxygen atoms in total. The molecule has 0 rings (SSSR count). The molecule has 3 heteroatoms. The average Bonchev–Trinajstić information content (AvgIpc) is 2.24. The van der Waals surface area contributed by atoms with Gasteiger partial charge in [-0.1, -0.05) is 20.3 Å². The molecule has 0 aromatic carbocycles. The van der Waals surface area contributed by atoms with Gasteiger partial charge >= 0.3 is 0 Å². The van der Waals surface area contributed by atoms with E-state index in [1.165, 1.54) is 0 Å². The van der Waals surface area contributed by atoms with Crippen LogP contribution in [0.3, 0.4) is 0 Å². The minimum absolute atomic E-state index is 0.242. The highest BCUT2D eigenvalue weighted by atomic mass is 16.5. The first kappa shape index (κ1) is 14.4. The van der Waals surface area contributed by atoms with Crippen LogP contribution in [-0.4, -0.2) is 24.8 Å². The van der Waals surface area contributed by atoms with Gasteiger partial charge in [0.25, 0.3) is 0 Å². The summed E-state index contributed by atoms with van der Waals surface area (Å²) in [5.74, 6) is 0. The first-order chi connectivity index (χ1) is 7.08. The summed E-state index contributed by atoms with van der Waals surface area (Å²) in [6, 6.07) is 2.27. The highest BCUT2D eigenvalue weighted by Crippen LogP contribution is 2.08. The Morgan fingerprint density at radius 1 is 1.40 bits per heavy atom. The van der Waals surface area contributed by atoms with Crippen LogP contribution in [0, 0.1) is 11.3 Å². The Hall–Kier alpha value is -0.590. The van der Waals surface area contributed by atoms with Crippen molar-refractivity contribution in [2.45, 2.75) is 58.6 Å². The first-order valence-corrected chi connectivity index (χ1v) is 5.85. The summed E-state index contributed by atoms with van der Waals surface area (Å²) < 4.78 is 5.65. The lowest BCUT2D eigenvalue weighted by atomic mass is 10.1. The van der Waals surface area contributed by atoms with Crippen LogP contribution in [0.2, 0.25) is 0 Å². The smallest absolute Gasteiger partial charge is 0.127 e. The lowest BCUT2D eigenvalue weighted by Crippen LogP contribution is -2.46. The molecule has 0 radical (unpaired) electrons. The third-order valence-electron chi connectivity index (χ3n) is 2.36. The Bertz CT molecular complexity index is 200. The van der Waals surface area contributed by atoms with Crippen molar-refractivity contribution in [3.63, 3.8) is 0 Å². The van der Waals surface area contributed by atoms with Crippen LogP contribution in [0.4, 0.5) is 0 Å². The van der Waals surface area contributed by atoms with Gasteiger partial charge in [0.1, 0.15) is 5.54 Å². The second-order valence-electron chi connectivity index (χ2n) is 4.28.